The molecular formula is C21H28N4O3. The number of amides is 1. The Bertz CT molecular complexity index is 821. The molecule has 2 aromatic rings. The maximum Gasteiger partial charge on any atom is 0.224 e. The predicted molar refractivity (Wildman–Crippen MR) is 112 cm³/mol. The van der Waals surface area contributed by atoms with Crippen LogP contribution in [0.5, 0.6) is 11.5 Å². The van der Waals surface area contributed by atoms with Gasteiger partial charge in [-0.25, -0.2) is 4.99 Å². The molecule has 0 saturated carbocycles. The van der Waals surface area contributed by atoms with Crippen LogP contribution in [-0.4, -0.2) is 26.1 Å². The minimum atomic E-state index is 0.0132. The molecule has 2 aromatic carbocycles. The largest absolute Gasteiger partial charge is 0.493 e. The van der Waals surface area contributed by atoms with E-state index in [9.17, 15) is 4.79 Å². The number of carbonyl (C=O) groups is 1. The number of nitrogens with zero attached hydrogens (tertiary/aromatic N) is 1. The van der Waals surface area contributed by atoms with Gasteiger partial charge in [0.05, 0.1) is 20.8 Å². The Balaban J connectivity index is 1.91. The molecule has 0 unspecified atom stereocenters. The van der Waals surface area contributed by atoms with Crippen LogP contribution in [0, 0.1) is 0 Å². The average Bonchev–Trinajstić information content (AvgIpc) is 2.70. The van der Waals surface area contributed by atoms with Gasteiger partial charge in [0.1, 0.15) is 0 Å². The molecule has 0 fully saturated rings. The first-order chi connectivity index (χ1) is 13.5. The lowest BCUT2D eigenvalue weighted by molar-refractivity contribution is -0.116. The third-order valence-corrected chi connectivity index (χ3v) is 4.04. The number of nitrogens with two attached hydrogens (primary N) is 1. The van der Waals surface area contributed by atoms with Gasteiger partial charge < -0.3 is 25.8 Å². The first-order valence-electron chi connectivity index (χ1n) is 9.19. The lowest BCUT2D eigenvalue weighted by Gasteiger charge is -2.11. The summed E-state index contributed by atoms with van der Waals surface area (Å²) < 4.78 is 10.5. The van der Waals surface area contributed by atoms with Crippen LogP contribution in [0.2, 0.25) is 0 Å². The number of hydrogen-bond donors (Lipinski definition) is 3. The predicted octanol–water partition coefficient (Wildman–Crippen LogP) is 3.05. The number of methoxy groups -OCH3 is 2. The van der Waals surface area contributed by atoms with E-state index in [4.69, 9.17) is 15.2 Å². The third kappa shape index (κ3) is 6.50. The smallest absolute Gasteiger partial charge is 0.224 e. The van der Waals surface area contributed by atoms with Gasteiger partial charge in [-0.05, 0) is 41.8 Å². The zero-order chi connectivity index (χ0) is 20.4. The van der Waals surface area contributed by atoms with Crippen molar-refractivity contribution in [2.24, 2.45) is 10.7 Å². The van der Waals surface area contributed by atoms with Crippen molar-refractivity contribution in [1.82, 2.24) is 5.32 Å². The molecule has 0 atom stereocenters. The van der Waals surface area contributed by atoms with Crippen molar-refractivity contribution in [3.63, 3.8) is 0 Å². The summed E-state index contributed by atoms with van der Waals surface area (Å²) in [5.41, 5.74) is 8.69. The zero-order valence-corrected chi connectivity index (χ0v) is 16.6. The molecule has 0 radical (unpaired) electrons. The van der Waals surface area contributed by atoms with Crippen molar-refractivity contribution < 1.29 is 14.3 Å². The van der Waals surface area contributed by atoms with Crippen LogP contribution in [0.25, 0.3) is 0 Å². The normalized spacial score (nSPS) is 11.0. The molecule has 2 rings (SSSR count). The summed E-state index contributed by atoms with van der Waals surface area (Å²) in [6.07, 6.45) is 1.33. The van der Waals surface area contributed by atoms with Gasteiger partial charge in [0, 0.05) is 18.7 Å². The van der Waals surface area contributed by atoms with Gasteiger partial charge >= 0.3 is 0 Å². The van der Waals surface area contributed by atoms with Gasteiger partial charge in [0.2, 0.25) is 5.91 Å². The Kier molecular flexibility index (Phi) is 8.14. The van der Waals surface area contributed by atoms with Crippen LogP contribution >= 0.6 is 0 Å². The molecule has 1 amide bonds. The molecule has 7 nitrogen and oxygen atoms in total. The quantitative estimate of drug-likeness (QED) is 0.456. The Labute approximate surface area is 165 Å². The van der Waals surface area contributed by atoms with E-state index in [1.54, 1.807) is 14.2 Å². The van der Waals surface area contributed by atoms with Crippen LogP contribution in [0.4, 0.5) is 5.69 Å². The second-order valence-electron chi connectivity index (χ2n) is 6.24. The number of anilines is 1. The standard InChI is InChI=1S/C21H28N4O3/c1-4-6-20(26)25-17-8-5-7-15(11-17)13-23-21(22)24-14-16-9-10-18(27-2)19(12-16)28-3/h5,7-12H,4,6,13-14H2,1-3H3,(H,25,26)(H3,22,23,24). The highest BCUT2D eigenvalue weighted by Gasteiger charge is 2.05. The fourth-order valence-electron chi connectivity index (χ4n) is 2.61. The number of nitrogens with one attached hydrogen (secondary N) is 2. The van der Waals surface area contributed by atoms with E-state index in [1.165, 1.54) is 0 Å². The summed E-state index contributed by atoms with van der Waals surface area (Å²) in [6, 6.07) is 13.3. The maximum absolute atomic E-state index is 11.7. The van der Waals surface area contributed by atoms with Crippen LogP contribution in [-0.2, 0) is 17.9 Å². The van der Waals surface area contributed by atoms with Crippen molar-refractivity contribution in [2.75, 3.05) is 19.5 Å². The maximum atomic E-state index is 11.7. The molecular weight excluding hydrogens is 356 g/mol. The zero-order valence-electron chi connectivity index (χ0n) is 16.6. The summed E-state index contributed by atoms with van der Waals surface area (Å²) >= 11 is 0. The van der Waals surface area contributed by atoms with Gasteiger partial charge in [-0.2, -0.15) is 0 Å². The summed E-state index contributed by atoms with van der Waals surface area (Å²) in [6.45, 7) is 2.91. The van der Waals surface area contributed by atoms with Gasteiger partial charge in [-0.15, -0.1) is 0 Å². The molecule has 0 saturated heterocycles. The SMILES string of the molecule is CCCC(=O)Nc1cccc(CN=C(N)NCc2ccc(OC)c(OC)c2)c1. The van der Waals surface area contributed by atoms with E-state index in [1.807, 2.05) is 49.4 Å². The van der Waals surface area contributed by atoms with Crippen LogP contribution in [0.3, 0.4) is 0 Å². The second-order valence-corrected chi connectivity index (χ2v) is 6.24. The number of hydrogen-bond acceptors (Lipinski definition) is 4. The van der Waals surface area contributed by atoms with E-state index in [2.05, 4.69) is 15.6 Å². The van der Waals surface area contributed by atoms with Gasteiger partial charge in [-0.3, -0.25) is 4.79 Å². The molecule has 0 bridgehead atoms. The Morgan fingerprint density at radius 1 is 1.07 bits per heavy atom. The van der Waals surface area contributed by atoms with Crippen molar-refractivity contribution in [2.45, 2.75) is 32.9 Å². The average molecular weight is 384 g/mol. The van der Waals surface area contributed by atoms with Crippen molar-refractivity contribution >= 4 is 17.6 Å². The minimum Gasteiger partial charge on any atom is -0.493 e. The third-order valence-electron chi connectivity index (χ3n) is 4.04. The summed E-state index contributed by atoms with van der Waals surface area (Å²) in [4.78, 5) is 16.1. The molecule has 28 heavy (non-hydrogen) atoms. The second kappa shape index (κ2) is 10.8. The molecule has 0 aromatic heterocycles. The molecule has 0 aliphatic rings. The lowest BCUT2D eigenvalue weighted by atomic mass is 10.2. The van der Waals surface area contributed by atoms with Crippen molar-refractivity contribution in [3.05, 3.63) is 53.6 Å². The monoisotopic (exact) mass is 384 g/mol. The number of benzene rings is 2. The summed E-state index contributed by atoms with van der Waals surface area (Å²) in [5, 5.41) is 5.96. The first-order valence-corrected chi connectivity index (χ1v) is 9.19. The Morgan fingerprint density at radius 2 is 1.86 bits per heavy atom. The first kappa shape index (κ1) is 21.1. The summed E-state index contributed by atoms with van der Waals surface area (Å²) in [5.74, 6) is 1.70. The van der Waals surface area contributed by atoms with E-state index in [0.717, 1.165) is 23.2 Å². The molecule has 150 valence electrons. The molecule has 4 N–H and O–H groups in total. The van der Waals surface area contributed by atoms with Crippen LogP contribution in [0.15, 0.2) is 47.5 Å². The minimum absolute atomic E-state index is 0.0132. The van der Waals surface area contributed by atoms with Gasteiger partial charge in [-0.1, -0.05) is 25.1 Å². The van der Waals surface area contributed by atoms with E-state index in [-0.39, 0.29) is 5.91 Å². The molecule has 0 spiro atoms. The van der Waals surface area contributed by atoms with E-state index < -0.39 is 0 Å². The fraction of sp³-hybridized carbons (Fsp3) is 0.333. The van der Waals surface area contributed by atoms with E-state index in [0.29, 0.717) is 37.0 Å². The highest BCUT2D eigenvalue weighted by Crippen LogP contribution is 2.27. The number of ether oxygens (including phenoxy) is 2. The molecule has 0 heterocycles. The Morgan fingerprint density at radius 3 is 2.57 bits per heavy atom. The topological polar surface area (TPSA) is 98.0 Å². The number of aliphatic imine (C=N–C) groups is 1. The molecule has 7 heteroatoms. The number of carbonyl (C=O) groups excluding carboxylic acids is 1. The molecule has 0 aliphatic carbocycles. The van der Waals surface area contributed by atoms with Gasteiger partial charge in [0.25, 0.3) is 0 Å². The lowest BCUT2D eigenvalue weighted by Crippen LogP contribution is -2.31. The van der Waals surface area contributed by atoms with Crippen LogP contribution in [0.1, 0.15) is 30.9 Å². The number of rotatable bonds is 9. The fourth-order valence-corrected chi connectivity index (χ4v) is 2.61. The van der Waals surface area contributed by atoms with E-state index >= 15 is 0 Å². The highest BCUT2D eigenvalue weighted by molar-refractivity contribution is 5.90. The highest BCUT2D eigenvalue weighted by atomic mass is 16.5. The van der Waals surface area contributed by atoms with Crippen molar-refractivity contribution in [3.8, 4) is 11.5 Å². The van der Waals surface area contributed by atoms with Crippen molar-refractivity contribution in [1.29, 1.82) is 0 Å². The summed E-state index contributed by atoms with van der Waals surface area (Å²) in [7, 11) is 3.20. The van der Waals surface area contributed by atoms with Gasteiger partial charge in [0.15, 0.2) is 17.5 Å². The number of guanidine groups is 1. The molecule has 0 aliphatic heterocycles. The Hall–Kier alpha value is -3.22. The van der Waals surface area contributed by atoms with Crippen LogP contribution < -0.4 is 25.8 Å².